The number of hydrogen-bond acceptors (Lipinski definition) is 4. The monoisotopic (exact) mass is 225 g/mol. The fourth-order valence-corrected chi connectivity index (χ4v) is 1.16. The number of hydrogen-bond donors (Lipinski definition) is 0. The number of amides is 1. The zero-order chi connectivity index (χ0) is 11.3. The van der Waals surface area contributed by atoms with Gasteiger partial charge < -0.3 is 9.08 Å². The predicted octanol–water partition coefficient (Wildman–Crippen LogP) is 2.17. The van der Waals surface area contributed by atoms with Crippen molar-refractivity contribution in [2.24, 2.45) is 0 Å². The van der Waals surface area contributed by atoms with E-state index in [1.807, 2.05) is 0 Å². The lowest BCUT2D eigenvalue weighted by atomic mass is 10.2. The Hall–Kier alpha value is -1.49. The molecule has 0 atom stereocenters. The van der Waals surface area contributed by atoms with Gasteiger partial charge in [-0.15, -0.1) is 0 Å². The van der Waals surface area contributed by atoms with Gasteiger partial charge in [0.05, 0.1) is 5.56 Å². The lowest BCUT2D eigenvalue weighted by Crippen LogP contribution is -2.17. The van der Waals surface area contributed by atoms with E-state index in [4.69, 9.17) is 4.18 Å². The van der Waals surface area contributed by atoms with Crippen LogP contribution in [-0.2, 0) is 4.18 Å². The number of rotatable bonds is 1. The van der Waals surface area contributed by atoms with Gasteiger partial charge >= 0.3 is 11.2 Å². The standard InChI is InChI=1S/C10H11NO3S/c1-11(2)10(13)15-14-9(12)8-6-4-3-5-7-8/h3-7H,1-2H3. The maximum Gasteiger partial charge on any atom is 0.350 e. The molecule has 0 aromatic heterocycles. The van der Waals surface area contributed by atoms with E-state index in [1.54, 1.807) is 44.4 Å². The van der Waals surface area contributed by atoms with Crippen molar-refractivity contribution in [2.75, 3.05) is 14.1 Å². The third-order valence-corrected chi connectivity index (χ3v) is 2.31. The predicted molar refractivity (Wildman–Crippen MR) is 58.5 cm³/mol. The van der Waals surface area contributed by atoms with E-state index < -0.39 is 5.97 Å². The average Bonchev–Trinajstić information content (AvgIpc) is 2.26. The molecule has 0 spiro atoms. The first-order valence-corrected chi connectivity index (χ1v) is 5.00. The van der Waals surface area contributed by atoms with E-state index >= 15 is 0 Å². The summed E-state index contributed by atoms with van der Waals surface area (Å²) in [4.78, 5) is 23.8. The first-order chi connectivity index (χ1) is 7.11. The molecule has 80 valence electrons. The molecule has 0 aliphatic rings. The SMILES string of the molecule is CN(C)C(=O)SOC(=O)c1ccccc1. The molecule has 1 amide bonds. The number of carbonyl (C=O) groups excluding carboxylic acids is 2. The molecule has 5 heteroatoms. The summed E-state index contributed by atoms with van der Waals surface area (Å²) in [5.41, 5.74) is 0.427. The summed E-state index contributed by atoms with van der Waals surface area (Å²) in [6.45, 7) is 0. The molecule has 4 nitrogen and oxygen atoms in total. The molecule has 0 unspecified atom stereocenters. The second kappa shape index (κ2) is 5.41. The molecule has 1 aromatic rings. The van der Waals surface area contributed by atoms with Gasteiger partial charge in [0.15, 0.2) is 12.0 Å². The largest absolute Gasteiger partial charge is 0.377 e. The topological polar surface area (TPSA) is 46.6 Å². The number of benzene rings is 1. The van der Waals surface area contributed by atoms with Crippen LogP contribution in [0.1, 0.15) is 10.4 Å². The molecular weight excluding hydrogens is 214 g/mol. The Bertz CT molecular complexity index is 351. The van der Waals surface area contributed by atoms with Crippen LogP contribution in [-0.4, -0.2) is 30.2 Å². The third kappa shape index (κ3) is 3.63. The van der Waals surface area contributed by atoms with Crippen LogP contribution in [0.4, 0.5) is 4.79 Å². The molecule has 0 fully saturated rings. The molecule has 1 rings (SSSR count). The molecule has 0 saturated heterocycles. The van der Waals surface area contributed by atoms with Gasteiger partial charge in [0.1, 0.15) is 0 Å². The van der Waals surface area contributed by atoms with E-state index in [-0.39, 0.29) is 5.24 Å². The van der Waals surface area contributed by atoms with Gasteiger partial charge in [-0.1, -0.05) is 18.2 Å². The van der Waals surface area contributed by atoms with E-state index in [9.17, 15) is 9.59 Å². The van der Waals surface area contributed by atoms with Crippen molar-refractivity contribution in [1.29, 1.82) is 0 Å². The van der Waals surface area contributed by atoms with E-state index in [0.717, 1.165) is 0 Å². The smallest absolute Gasteiger partial charge is 0.350 e. The van der Waals surface area contributed by atoms with Crippen molar-refractivity contribution in [1.82, 2.24) is 4.90 Å². The maximum atomic E-state index is 11.4. The second-order valence-electron chi connectivity index (χ2n) is 2.98. The Balaban J connectivity index is 2.48. The molecule has 0 aliphatic carbocycles. The molecule has 0 radical (unpaired) electrons. The zero-order valence-corrected chi connectivity index (χ0v) is 9.28. The van der Waals surface area contributed by atoms with Gasteiger partial charge in [-0.25, -0.2) is 4.79 Å². The lowest BCUT2D eigenvalue weighted by Gasteiger charge is -2.07. The Morgan fingerprint density at radius 3 is 2.33 bits per heavy atom. The summed E-state index contributed by atoms with van der Waals surface area (Å²) >= 11 is 0.525. The van der Waals surface area contributed by atoms with Crippen molar-refractivity contribution in [3.8, 4) is 0 Å². The minimum absolute atomic E-state index is 0.320. The average molecular weight is 225 g/mol. The zero-order valence-electron chi connectivity index (χ0n) is 8.47. The van der Waals surface area contributed by atoms with Crippen LogP contribution in [0.3, 0.4) is 0 Å². The van der Waals surface area contributed by atoms with Gasteiger partial charge in [0, 0.05) is 14.1 Å². The lowest BCUT2D eigenvalue weighted by molar-refractivity contribution is 0.0768. The summed E-state index contributed by atoms with van der Waals surface area (Å²) < 4.78 is 4.74. The van der Waals surface area contributed by atoms with E-state index in [1.165, 1.54) is 4.90 Å². The van der Waals surface area contributed by atoms with Crippen LogP contribution in [0.5, 0.6) is 0 Å². The highest BCUT2D eigenvalue weighted by Gasteiger charge is 2.12. The number of carbonyl (C=O) groups is 2. The number of nitrogens with zero attached hydrogens (tertiary/aromatic N) is 1. The highest BCUT2D eigenvalue weighted by atomic mass is 32.2. The molecule has 1 aromatic carbocycles. The summed E-state index contributed by atoms with van der Waals surface area (Å²) in [6, 6.07) is 8.52. The third-order valence-electron chi connectivity index (χ3n) is 1.56. The van der Waals surface area contributed by atoms with Crippen molar-refractivity contribution in [3.63, 3.8) is 0 Å². The summed E-state index contributed by atoms with van der Waals surface area (Å²) in [5.74, 6) is -0.518. The van der Waals surface area contributed by atoms with Crippen molar-refractivity contribution >= 4 is 23.3 Å². The summed E-state index contributed by atoms with van der Waals surface area (Å²) in [6.07, 6.45) is 0. The molecule has 0 saturated carbocycles. The van der Waals surface area contributed by atoms with Crippen LogP contribution in [0.15, 0.2) is 30.3 Å². The van der Waals surface area contributed by atoms with Gasteiger partial charge in [-0.2, -0.15) is 0 Å². The fraction of sp³-hybridized carbons (Fsp3) is 0.200. The van der Waals surface area contributed by atoms with Crippen LogP contribution in [0, 0.1) is 0 Å². The first kappa shape index (κ1) is 11.6. The minimum Gasteiger partial charge on any atom is -0.377 e. The highest BCUT2D eigenvalue weighted by Crippen LogP contribution is 2.11. The van der Waals surface area contributed by atoms with Gasteiger partial charge in [-0.3, -0.25) is 4.79 Å². The minimum atomic E-state index is -0.518. The molecule has 0 bridgehead atoms. The molecular formula is C10H11NO3S. The highest BCUT2D eigenvalue weighted by molar-refractivity contribution is 8.09. The Morgan fingerprint density at radius 1 is 1.20 bits per heavy atom. The van der Waals surface area contributed by atoms with Crippen LogP contribution >= 0.6 is 12.0 Å². The molecule has 0 aliphatic heterocycles. The Labute approximate surface area is 92.4 Å². The van der Waals surface area contributed by atoms with Crippen LogP contribution < -0.4 is 0 Å². The molecule has 0 heterocycles. The van der Waals surface area contributed by atoms with E-state index in [0.29, 0.717) is 17.6 Å². The summed E-state index contributed by atoms with van der Waals surface area (Å²) in [7, 11) is 3.18. The van der Waals surface area contributed by atoms with E-state index in [2.05, 4.69) is 0 Å². The normalized spacial score (nSPS) is 9.47. The van der Waals surface area contributed by atoms with Crippen LogP contribution in [0.25, 0.3) is 0 Å². The van der Waals surface area contributed by atoms with Crippen molar-refractivity contribution < 1.29 is 13.8 Å². The first-order valence-electron chi connectivity index (χ1n) is 4.26. The van der Waals surface area contributed by atoms with Gasteiger partial charge in [0.2, 0.25) is 0 Å². The fourth-order valence-electron chi connectivity index (χ4n) is 0.770. The quantitative estimate of drug-likeness (QED) is 0.687. The Kier molecular flexibility index (Phi) is 4.17. The Morgan fingerprint density at radius 2 is 1.80 bits per heavy atom. The second-order valence-corrected chi connectivity index (χ2v) is 3.66. The summed E-state index contributed by atoms with van der Waals surface area (Å²) in [5, 5.41) is -0.320. The van der Waals surface area contributed by atoms with Gasteiger partial charge in [-0.05, 0) is 12.1 Å². The molecule has 15 heavy (non-hydrogen) atoms. The van der Waals surface area contributed by atoms with Crippen molar-refractivity contribution in [2.45, 2.75) is 0 Å². The maximum absolute atomic E-state index is 11.4. The van der Waals surface area contributed by atoms with Gasteiger partial charge in [0.25, 0.3) is 0 Å². The molecule has 0 N–H and O–H groups in total. The van der Waals surface area contributed by atoms with Crippen molar-refractivity contribution in [3.05, 3.63) is 35.9 Å². The van der Waals surface area contributed by atoms with Crippen LogP contribution in [0.2, 0.25) is 0 Å².